The number of nitrogens with zero attached hydrogens (tertiary/aromatic N) is 3. The van der Waals surface area contributed by atoms with Crippen molar-refractivity contribution in [3.63, 3.8) is 0 Å². The lowest BCUT2D eigenvalue weighted by atomic mass is 10.3. The van der Waals surface area contributed by atoms with Gasteiger partial charge in [0.15, 0.2) is 0 Å². The van der Waals surface area contributed by atoms with Gasteiger partial charge >= 0.3 is 0 Å². The molecule has 0 bridgehead atoms. The molecule has 0 fully saturated rings. The van der Waals surface area contributed by atoms with E-state index in [1.165, 1.54) is 0 Å². The van der Waals surface area contributed by atoms with Crippen LogP contribution in [0.3, 0.4) is 0 Å². The SMILES string of the molecule is Clc1ccc(-n2c[c]nn2)cc1. The Hall–Kier alpha value is -1.35. The summed E-state index contributed by atoms with van der Waals surface area (Å²) in [6.45, 7) is 0. The lowest BCUT2D eigenvalue weighted by Crippen LogP contribution is -1.93. The number of halogens is 1. The molecule has 59 valence electrons. The summed E-state index contributed by atoms with van der Waals surface area (Å²) < 4.78 is 1.62. The lowest BCUT2D eigenvalue weighted by molar-refractivity contribution is 0.803. The Morgan fingerprint density at radius 1 is 1.25 bits per heavy atom. The van der Waals surface area contributed by atoms with Crippen molar-refractivity contribution < 1.29 is 0 Å². The van der Waals surface area contributed by atoms with E-state index in [1.807, 2.05) is 12.1 Å². The van der Waals surface area contributed by atoms with Crippen LogP contribution in [-0.2, 0) is 0 Å². The highest BCUT2D eigenvalue weighted by Gasteiger charge is 1.94. The Bertz CT molecular complexity index is 352. The van der Waals surface area contributed by atoms with Gasteiger partial charge in [-0.05, 0) is 24.3 Å². The molecule has 2 aromatic rings. The van der Waals surface area contributed by atoms with Crippen molar-refractivity contribution in [1.82, 2.24) is 15.0 Å². The number of aromatic nitrogens is 3. The number of benzene rings is 1. The molecule has 1 heterocycles. The predicted molar refractivity (Wildman–Crippen MR) is 45.2 cm³/mol. The summed E-state index contributed by atoms with van der Waals surface area (Å²) >= 11 is 5.72. The van der Waals surface area contributed by atoms with Crippen LogP contribution >= 0.6 is 11.6 Å². The lowest BCUT2D eigenvalue weighted by Gasteiger charge is -1.97. The molecule has 0 saturated carbocycles. The second-order valence-corrected chi connectivity index (χ2v) is 2.71. The van der Waals surface area contributed by atoms with Gasteiger partial charge < -0.3 is 0 Å². The van der Waals surface area contributed by atoms with Gasteiger partial charge in [0.2, 0.25) is 0 Å². The van der Waals surface area contributed by atoms with Gasteiger partial charge in [-0.25, -0.2) is 4.68 Å². The van der Waals surface area contributed by atoms with Gasteiger partial charge in [-0.3, -0.25) is 0 Å². The fraction of sp³-hybridized carbons (Fsp3) is 0. The smallest absolute Gasteiger partial charge is 0.135 e. The van der Waals surface area contributed by atoms with Crippen molar-refractivity contribution in [3.05, 3.63) is 41.7 Å². The highest BCUT2D eigenvalue weighted by molar-refractivity contribution is 6.30. The third-order valence-corrected chi connectivity index (χ3v) is 1.72. The van der Waals surface area contributed by atoms with Crippen LogP contribution in [-0.4, -0.2) is 15.0 Å². The van der Waals surface area contributed by atoms with E-state index in [9.17, 15) is 0 Å². The Kier molecular flexibility index (Phi) is 1.80. The average molecular weight is 179 g/mol. The van der Waals surface area contributed by atoms with Gasteiger partial charge in [0.25, 0.3) is 0 Å². The van der Waals surface area contributed by atoms with Gasteiger partial charge in [0.05, 0.1) is 11.9 Å². The Balaban J connectivity index is 2.43. The Morgan fingerprint density at radius 3 is 2.58 bits per heavy atom. The molecule has 4 heteroatoms. The topological polar surface area (TPSA) is 30.7 Å². The van der Waals surface area contributed by atoms with Crippen LogP contribution in [0.2, 0.25) is 5.02 Å². The third-order valence-electron chi connectivity index (χ3n) is 1.47. The molecule has 0 N–H and O–H groups in total. The predicted octanol–water partition coefficient (Wildman–Crippen LogP) is 1.72. The second kappa shape index (κ2) is 2.95. The van der Waals surface area contributed by atoms with Crippen LogP contribution in [0.25, 0.3) is 5.69 Å². The molecule has 1 radical (unpaired) electrons. The molecule has 1 aromatic carbocycles. The fourth-order valence-electron chi connectivity index (χ4n) is 0.900. The standard InChI is InChI=1S/C8H5ClN3/c9-7-1-3-8(4-2-7)12-6-5-10-11-12/h1-4,6H. The quantitative estimate of drug-likeness (QED) is 0.666. The minimum atomic E-state index is 0.711. The summed E-state index contributed by atoms with van der Waals surface area (Å²) in [6, 6.07) is 7.34. The molecule has 3 nitrogen and oxygen atoms in total. The maximum absolute atomic E-state index is 5.72. The van der Waals surface area contributed by atoms with Crippen molar-refractivity contribution in [2.75, 3.05) is 0 Å². The fourth-order valence-corrected chi connectivity index (χ4v) is 1.03. The van der Waals surface area contributed by atoms with Crippen LogP contribution < -0.4 is 0 Å². The first kappa shape index (κ1) is 7.31. The van der Waals surface area contributed by atoms with E-state index >= 15 is 0 Å². The highest BCUT2D eigenvalue weighted by atomic mass is 35.5. The van der Waals surface area contributed by atoms with E-state index in [4.69, 9.17) is 11.6 Å². The van der Waals surface area contributed by atoms with Gasteiger partial charge in [0.1, 0.15) is 6.20 Å². The molecule has 0 aliphatic carbocycles. The maximum Gasteiger partial charge on any atom is 0.135 e. The molecule has 0 atom stereocenters. The van der Waals surface area contributed by atoms with Crippen molar-refractivity contribution >= 4 is 11.6 Å². The van der Waals surface area contributed by atoms with Gasteiger partial charge in [0, 0.05) is 5.02 Å². The zero-order valence-corrected chi connectivity index (χ0v) is 6.86. The molecule has 2 rings (SSSR count). The zero-order chi connectivity index (χ0) is 8.39. The number of hydrogen-bond acceptors (Lipinski definition) is 2. The van der Waals surface area contributed by atoms with Gasteiger partial charge in [-0.2, -0.15) is 0 Å². The first-order chi connectivity index (χ1) is 5.86. The summed E-state index contributed by atoms with van der Waals surface area (Å²) in [7, 11) is 0. The van der Waals surface area contributed by atoms with Crippen LogP contribution in [0.1, 0.15) is 0 Å². The molecule has 0 aliphatic rings. The van der Waals surface area contributed by atoms with Crippen LogP contribution in [0.5, 0.6) is 0 Å². The summed E-state index contributed by atoms with van der Waals surface area (Å²) in [6.07, 6.45) is 4.27. The molecular formula is C8H5ClN3. The molecule has 12 heavy (non-hydrogen) atoms. The van der Waals surface area contributed by atoms with E-state index < -0.39 is 0 Å². The summed E-state index contributed by atoms with van der Waals surface area (Å²) in [5.41, 5.74) is 0.924. The first-order valence-electron chi connectivity index (χ1n) is 3.40. The van der Waals surface area contributed by atoms with E-state index in [0.717, 1.165) is 5.69 Å². The van der Waals surface area contributed by atoms with Gasteiger partial charge in [-0.15, -0.1) is 5.10 Å². The van der Waals surface area contributed by atoms with E-state index in [-0.39, 0.29) is 0 Å². The molecule has 0 spiro atoms. The van der Waals surface area contributed by atoms with Crippen molar-refractivity contribution in [2.45, 2.75) is 0 Å². The Morgan fingerprint density at radius 2 is 2.00 bits per heavy atom. The normalized spacial score (nSPS) is 10.1. The van der Waals surface area contributed by atoms with Crippen molar-refractivity contribution in [3.8, 4) is 5.69 Å². The highest BCUT2D eigenvalue weighted by Crippen LogP contribution is 2.11. The van der Waals surface area contributed by atoms with Crippen LogP contribution in [0.15, 0.2) is 30.5 Å². The van der Waals surface area contributed by atoms with Crippen molar-refractivity contribution in [2.24, 2.45) is 0 Å². The zero-order valence-electron chi connectivity index (χ0n) is 6.11. The van der Waals surface area contributed by atoms with E-state index in [0.29, 0.717) is 5.02 Å². The third kappa shape index (κ3) is 1.31. The molecule has 1 aromatic heterocycles. The van der Waals surface area contributed by atoms with E-state index in [1.54, 1.807) is 23.0 Å². The molecule has 0 aliphatic heterocycles. The molecule has 0 unspecified atom stereocenters. The van der Waals surface area contributed by atoms with Gasteiger partial charge in [-0.1, -0.05) is 16.8 Å². The monoisotopic (exact) mass is 178 g/mol. The molecule has 0 amide bonds. The summed E-state index contributed by atoms with van der Waals surface area (Å²) in [5.74, 6) is 0. The molecular weight excluding hydrogens is 174 g/mol. The first-order valence-corrected chi connectivity index (χ1v) is 3.78. The largest absolute Gasteiger partial charge is 0.220 e. The van der Waals surface area contributed by atoms with Crippen LogP contribution in [0.4, 0.5) is 0 Å². The average Bonchev–Trinajstić information content (AvgIpc) is 2.58. The number of hydrogen-bond donors (Lipinski definition) is 0. The maximum atomic E-state index is 5.72. The Labute approximate surface area is 74.6 Å². The minimum Gasteiger partial charge on any atom is -0.220 e. The van der Waals surface area contributed by atoms with Crippen molar-refractivity contribution in [1.29, 1.82) is 0 Å². The summed E-state index contributed by atoms with van der Waals surface area (Å²) in [4.78, 5) is 0. The van der Waals surface area contributed by atoms with E-state index in [2.05, 4.69) is 16.5 Å². The number of rotatable bonds is 1. The second-order valence-electron chi connectivity index (χ2n) is 2.27. The molecule has 0 saturated heterocycles. The summed E-state index contributed by atoms with van der Waals surface area (Å²) in [5, 5.41) is 8.07. The van der Waals surface area contributed by atoms with Crippen LogP contribution in [0, 0.1) is 6.20 Å². The minimum absolute atomic E-state index is 0.711.